The van der Waals surface area contributed by atoms with Crippen LogP contribution in [0.25, 0.3) is 11.0 Å². The van der Waals surface area contributed by atoms with Gasteiger partial charge in [0.1, 0.15) is 0 Å². The highest BCUT2D eigenvalue weighted by Gasteiger charge is 2.33. The zero-order valence-electron chi connectivity index (χ0n) is 17.1. The lowest BCUT2D eigenvalue weighted by Gasteiger charge is -2.17. The summed E-state index contributed by atoms with van der Waals surface area (Å²) >= 11 is 0. The number of nitrogens with two attached hydrogens (primary N) is 1. The minimum absolute atomic E-state index is 0.0503. The highest BCUT2D eigenvalue weighted by atomic mass is 16.2. The van der Waals surface area contributed by atoms with Crippen LogP contribution in [-0.4, -0.2) is 44.7 Å². The first kappa shape index (κ1) is 19.4. The molecular formula is C22H27N5O2. The van der Waals surface area contributed by atoms with Gasteiger partial charge in [-0.2, -0.15) is 0 Å². The number of benzene rings is 1. The van der Waals surface area contributed by atoms with E-state index < -0.39 is 0 Å². The third-order valence-corrected chi connectivity index (χ3v) is 6.11. The molecule has 1 fully saturated rings. The summed E-state index contributed by atoms with van der Waals surface area (Å²) in [5, 5.41) is 3.58. The summed E-state index contributed by atoms with van der Waals surface area (Å²) in [6.07, 6.45) is 0.948. The second-order valence-corrected chi connectivity index (χ2v) is 7.98. The lowest BCUT2D eigenvalue weighted by molar-refractivity contribution is -0.130. The van der Waals surface area contributed by atoms with Gasteiger partial charge in [-0.05, 0) is 37.0 Å². The standard InChI is InChI=1S/C22H27N5O2/c1-13-16(14(2)24-21-20(13)22(29)26(3)25-21)9-10-19(28)27-11-17(18(23)12-27)15-7-5-4-6-8-15/h4-8,17-18H,9-12,23H2,1-3H3,(H,24,25)/t17-,18+/m0/s1. The predicted molar refractivity (Wildman–Crippen MR) is 113 cm³/mol. The van der Waals surface area contributed by atoms with Gasteiger partial charge in [0.25, 0.3) is 5.56 Å². The van der Waals surface area contributed by atoms with E-state index in [1.54, 1.807) is 7.05 Å². The Labute approximate surface area is 169 Å². The minimum Gasteiger partial charge on any atom is -0.340 e. The average Bonchev–Trinajstić information content (AvgIpc) is 3.22. The molecule has 29 heavy (non-hydrogen) atoms. The van der Waals surface area contributed by atoms with Crippen molar-refractivity contribution in [3.8, 4) is 0 Å². The van der Waals surface area contributed by atoms with E-state index in [4.69, 9.17) is 5.73 Å². The molecule has 1 saturated heterocycles. The highest BCUT2D eigenvalue weighted by molar-refractivity contribution is 5.81. The number of aromatic nitrogens is 3. The van der Waals surface area contributed by atoms with Gasteiger partial charge in [-0.1, -0.05) is 30.3 Å². The Morgan fingerprint density at radius 2 is 1.97 bits per heavy atom. The van der Waals surface area contributed by atoms with Crippen molar-refractivity contribution in [3.05, 3.63) is 63.1 Å². The van der Waals surface area contributed by atoms with E-state index in [-0.39, 0.29) is 23.4 Å². The lowest BCUT2D eigenvalue weighted by atomic mass is 9.95. The molecule has 1 amide bonds. The summed E-state index contributed by atoms with van der Waals surface area (Å²) in [6.45, 7) is 5.08. The third-order valence-electron chi connectivity index (χ3n) is 6.11. The maximum Gasteiger partial charge on any atom is 0.276 e. The number of aromatic amines is 1. The van der Waals surface area contributed by atoms with Crippen LogP contribution in [0.2, 0.25) is 0 Å². The van der Waals surface area contributed by atoms with Gasteiger partial charge < -0.3 is 10.6 Å². The number of rotatable bonds is 4. The summed E-state index contributed by atoms with van der Waals surface area (Å²) in [5.41, 5.74) is 10.8. The molecule has 0 aliphatic carbocycles. The molecule has 1 aliphatic heterocycles. The number of nitrogens with zero attached hydrogens (tertiary/aromatic N) is 3. The molecule has 7 heteroatoms. The van der Waals surface area contributed by atoms with E-state index in [0.29, 0.717) is 37.0 Å². The summed E-state index contributed by atoms with van der Waals surface area (Å²) in [6, 6.07) is 10.1. The van der Waals surface area contributed by atoms with Gasteiger partial charge in [0.2, 0.25) is 5.91 Å². The first-order valence-corrected chi connectivity index (χ1v) is 10.00. The third kappa shape index (κ3) is 3.46. The van der Waals surface area contributed by atoms with Crippen molar-refractivity contribution in [1.29, 1.82) is 0 Å². The van der Waals surface area contributed by atoms with Crippen molar-refractivity contribution in [3.63, 3.8) is 0 Å². The van der Waals surface area contributed by atoms with Crippen molar-refractivity contribution in [1.82, 2.24) is 19.7 Å². The summed E-state index contributed by atoms with van der Waals surface area (Å²) < 4.78 is 1.44. The molecule has 2 atom stereocenters. The molecule has 1 aliphatic rings. The Morgan fingerprint density at radius 3 is 2.69 bits per heavy atom. The van der Waals surface area contributed by atoms with Crippen molar-refractivity contribution < 1.29 is 4.79 Å². The van der Waals surface area contributed by atoms with Crippen molar-refractivity contribution in [2.45, 2.75) is 38.6 Å². The molecule has 0 bridgehead atoms. The zero-order valence-corrected chi connectivity index (χ0v) is 17.1. The Balaban J connectivity index is 1.49. The Kier molecular flexibility index (Phi) is 5.00. The lowest BCUT2D eigenvalue weighted by Crippen LogP contribution is -2.32. The largest absolute Gasteiger partial charge is 0.340 e. The number of nitrogens with one attached hydrogen (secondary N) is 1. The zero-order chi connectivity index (χ0) is 20.7. The van der Waals surface area contributed by atoms with Gasteiger partial charge in [0.15, 0.2) is 5.65 Å². The van der Waals surface area contributed by atoms with Crippen molar-refractivity contribution in [2.75, 3.05) is 13.1 Å². The molecule has 3 N–H and O–H groups in total. The number of hydrogen-bond acceptors (Lipinski definition) is 4. The van der Waals surface area contributed by atoms with Crippen LogP contribution in [0.4, 0.5) is 0 Å². The molecule has 0 spiro atoms. The number of carbonyl (C=O) groups is 1. The Morgan fingerprint density at radius 1 is 1.24 bits per heavy atom. The van der Waals surface area contributed by atoms with Crippen molar-refractivity contribution >= 4 is 16.9 Å². The number of likely N-dealkylation sites (tertiary alicyclic amines) is 1. The van der Waals surface area contributed by atoms with Gasteiger partial charge in [-0.3, -0.25) is 19.4 Å². The fraction of sp³-hybridized carbons (Fsp3) is 0.409. The normalized spacial score (nSPS) is 19.2. The van der Waals surface area contributed by atoms with Crippen LogP contribution in [0, 0.1) is 13.8 Å². The van der Waals surface area contributed by atoms with E-state index in [2.05, 4.69) is 22.2 Å². The highest BCUT2D eigenvalue weighted by Crippen LogP contribution is 2.27. The molecule has 7 nitrogen and oxygen atoms in total. The minimum atomic E-state index is -0.0891. The molecule has 4 rings (SSSR count). The number of carbonyl (C=O) groups excluding carboxylic acids is 1. The van der Waals surface area contributed by atoms with Crippen LogP contribution in [0.3, 0.4) is 0 Å². The first-order valence-electron chi connectivity index (χ1n) is 10.00. The number of aryl methyl sites for hydroxylation is 3. The monoisotopic (exact) mass is 393 g/mol. The van der Waals surface area contributed by atoms with E-state index in [0.717, 1.165) is 16.8 Å². The van der Waals surface area contributed by atoms with Gasteiger partial charge in [0.05, 0.1) is 5.39 Å². The van der Waals surface area contributed by atoms with Crippen molar-refractivity contribution in [2.24, 2.45) is 12.8 Å². The van der Waals surface area contributed by atoms with E-state index in [1.807, 2.05) is 36.9 Å². The summed E-state index contributed by atoms with van der Waals surface area (Å²) in [7, 11) is 1.68. The molecule has 2 aromatic heterocycles. The van der Waals surface area contributed by atoms with Crippen LogP contribution in [0.1, 0.15) is 34.7 Å². The molecule has 152 valence electrons. The molecule has 3 heterocycles. The Bertz CT molecular complexity index is 1120. The molecule has 0 saturated carbocycles. The molecule has 0 unspecified atom stereocenters. The van der Waals surface area contributed by atoms with Crippen LogP contribution in [0.5, 0.6) is 0 Å². The number of amides is 1. The van der Waals surface area contributed by atoms with E-state index in [1.165, 1.54) is 10.2 Å². The quantitative estimate of drug-likeness (QED) is 0.706. The van der Waals surface area contributed by atoms with E-state index >= 15 is 0 Å². The fourth-order valence-electron chi connectivity index (χ4n) is 4.45. The predicted octanol–water partition coefficient (Wildman–Crippen LogP) is 1.76. The summed E-state index contributed by atoms with van der Waals surface area (Å²) in [5.74, 6) is 0.268. The van der Waals surface area contributed by atoms with Gasteiger partial charge in [0, 0.05) is 44.2 Å². The SMILES string of the molecule is Cc1nc2[nH]n(C)c(=O)c2c(C)c1CCC(=O)N1C[C@@H](N)[C@H](c2ccccc2)C1. The van der Waals surface area contributed by atoms with Crippen LogP contribution < -0.4 is 11.3 Å². The Hall–Kier alpha value is -2.93. The maximum atomic E-state index is 12.9. The fourth-order valence-corrected chi connectivity index (χ4v) is 4.45. The molecular weight excluding hydrogens is 366 g/mol. The second-order valence-electron chi connectivity index (χ2n) is 7.98. The second kappa shape index (κ2) is 7.48. The molecule has 0 radical (unpaired) electrons. The van der Waals surface area contributed by atoms with Crippen LogP contribution >= 0.6 is 0 Å². The average molecular weight is 393 g/mol. The first-order chi connectivity index (χ1) is 13.9. The van der Waals surface area contributed by atoms with E-state index in [9.17, 15) is 9.59 Å². The topological polar surface area (TPSA) is 97.0 Å². The van der Waals surface area contributed by atoms with Gasteiger partial charge in [-0.25, -0.2) is 4.98 Å². The number of fused-ring (bicyclic) bond motifs is 1. The van der Waals surface area contributed by atoms with Crippen LogP contribution in [-0.2, 0) is 18.3 Å². The number of H-pyrrole nitrogens is 1. The number of pyridine rings is 1. The molecule has 1 aromatic carbocycles. The van der Waals surface area contributed by atoms with Gasteiger partial charge in [-0.15, -0.1) is 0 Å². The molecule has 3 aromatic rings. The van der Waals surface area contributed by atoms with Gasteiger partial charge >= 0.3 is 0 Å². The summed E-state index contributed by atoms with van der Waals surface area (Å²) in [4.78, 5) is 31.7. The van der Waals surface area contributed by atoms with Crippen LogP contribution in [0.15, 0.2) is 35.1 Å². The smallest absolute Gasteiger partial charge is 0.276 e. The number of hydrogen-bond donors (Lipinski definition) is 2. The maximum absolute atomic E-state index is 12.9.